The van der Waals surface area contributed by atoms with E-state index in [2.05, 4.69) is 35.1 Å². The molecule has 0 saturated carbocycles. The summed E-state index contributed by atoms with van der Waals surface area (Å²) in [5.74, 6) is 1.34. The zero-order valence-corrected chi connectivity index (χ0v) is 9.96. The van der Waals surface area contributed by atoms with Gasteiger partial charge in [0.1, 0.15) is 0 Å². The summed E-state index contributed by atoms with van der Waals surface area (Å²) in [5, 5.41) is 4.40. The van der Waals surface area contributed by atoms with Gasteiger partial charge in [0.25, 0.3) is 0 Å². The van der Waals surface area contributed by atoms with Gasteiger partial charge in [-0.15, -0.1) is 0 Å². The summed E-state index contributed by atoms with van der Waals surface area (Å²) < 4.78 is 0. The van der Waals surface area contributed by atoms with Crippen LogP contribution in [0.4, 0.5) is 0 Å². The van der Waals surface area contributed by atoms with Crippen LogP contribution >= 0.6 is 11.8 Å². The number of aromatic nitrogens is 1. The largest absolute Gasteiger partial charge is 0.309 e. The van der Waals surface area contributed by atoms with Gasteiger partial charge in [0.05, 0.1) is 0 Å². The monoisotopic (exact) mass is 222 g/mol. The average Bonchev–Trinajstić information content (AvgIpc) is 2.80. The van der Waals surface area contributed by atoms with E-state index >= 15 is 0 Å². The number of pyridine rings is 1. The van der Waals surface area contributed by atoms with Gasteiger partial charge in [-0.05, 0) is 37.1 Å². The standard InChI is InChI=1S/C12H18N2S/c1-10(11-4-2-6-13-8-11)14-9-12-5-3-7-15-12/h2,4,6,8,10,12,14H,3,5,7,9H2,1H3. The maximum absolute atomic E-state index is 4.14. The third-order valence-electron chi connectivity index (χ3n) is 2.86. The lowest BCUT2D eigenvalue weighted by atomic mass is 10.1. The minimum Gasteiger partial charge on any atom is -0.309 e. The smallest absolute Gasteiger partial charge is 0.0315 e. The Balaban J connectivity index is 1.79. The van der Waals surface area contributed by atoms with Crippen LogP contribution in [0.25, 0.3) is 0 Å². The molecule has 0 radical (unpaired) electrons. The molecule has 1 aliphatic heterocycles. The topological polar surface area (TPSA) is 24.9 Å². The first-order chi connectivity index (χ1) is 7.36. The Morgan fingerprint density at radius 3 is 3.27 bits per heavy atom. The maximum atomic E-state index is 4.14. The van der Waals surface area contributed by atoms with Crippen molar-refractivity contribution in [2.45, 2.75) is 31.1 Å². The third kappa shape index (κ3) is 3.21. The van der Waals surface area contributed by atoms with Gasteiger partial charge >= 0.3 is 0 Å². The number of nitrogens with zero attached hydrogens (tertiary/aromatic N) is 1. The lowest BCUT2D eigenvalue weighted by Gasteiger charge is -2.16. The molecular formula is C12H18N2S. The lowest BCUT2D eigenvalue weighted by Crippen LogP contribution is -2.26. The first-order valence-electron chi connectivity index (χ1n) is 5.61. The predicted octanol–water partition coefficient (Wildman–Crippen LogP) is 2.63. The summed E-state index contributed by atoms with van der Waals surface area (Å²) >= 11 is 2.10. The second-order valence-electron chi connectivity index (χ2n) is 4.05. The number of hydrogen-bond donors (Lipinski definition) is 1. The first kappa shape index (κ1) is 11.0. The van der Waals surface area contributed by atoms with Crippen molar-refractivity contribution >= 4 is 11.8 Å². The van der Waals surface area contributed by atoms with E-state index in [1.165, 1.54) is 24.2 Å². The molecule has 0 bridgehead atoms. The molecule has 1 fully saturated rings. The molecule has 0 aliphatic carbocycles. The fraction of sp³-hybridized carbons (Fsp3) is 0.583. The zero-order chi connectivity index (χ0) is 10.5. The van der Waals surface area contributed by atoms with Gasteiger partial charge in [0.2, 0.25) is 0 Å². The molecule has 2 heterocycles. The summed E-state index contributed by atoms with van der Waals surface area (Å²) in [4.78, 5) is 4.14. The molecule has 2 nitrogen and oxygen atoms in total. The van der Waals surface area contributed by atoms with Crippen LogP contribution < -0.4 is 5.32 Å². The van der Waals surface area contributed by atoms with E-state index in [9.17, 15) is 0 Å². The van der Waals surface area contributed by atoms with E-state index in [0.717, 1.165) is 11.8 Å². The lowest BCUT2D eigenvalue weighted by molar-refractivity contribution is 0.558. The average molecular weight is 222 g/mol. The first-order valence-corrected chi connectivity index (χ1v) is 6.66. The van der Waals surface area contributed by atoms with Crippen molar-refractivity contribution in [3.05, 3.63) is 30.1 Å². The van der Waals surface area contributed by atoms with Crippen LogP contribution in [0.1, 0.15) is 31.4 Å². The number of rotatable bonds is 4. The molecule has 3 heteroatoms. The van der Waals surface area contributed by atoms with Crippen LogP contribution in [-0.4, -0.2) is 22.5 Å². The molecule has 1 aliphatic rings. The Hall–Kier alpha value is -0.540. The molecule has 2 atom stereocenters. The molecule has 1 aromatic heterocycles. The van der Waals surface area contributed by atoms with Crippen molar-refractivity contribution in [3.63, 3.8) is 0 Å². The molecule has 1 saturated heterocycles. The molecule has 2 rings (SSSR count). The number of thioether (sulfide) groups is 1. The fourth-order valence-electron chi connectivity index (χ4n) is 1.86. The molecular weight excluding hydrogens is 204 g/mol. The van der Waals surface area contributed by atoms with E-state index in [1.54, 1.807) is 0 Å². The highest BCUT2D eigenvalue weighted by atomic mass is 32.2. The highest BCUT2D eigenvalue weighted by Gasteiger charge is 2.16. The molecule has 82 valence electrons. The Morgan fingerprint density at radius 1 is 1.67 bits per heavy atom. The quantitative estimate of drug-likeness (QED) is 0.847. The Bertz CT molecular complexity index is 283. The fourth-order valence-corrected chi connectivity index (χ4v) is 3.08. The molecule has 0 aromatic carbocycles. The van der Waals surface area contributed by atoms with E-state index in [4.69, 9.17) is 0 Å². The van der Waals surface area contributed by atoms with E-state index < -0.39 is 0 Å². The Labute approximate surface area is 95.9 Å². The normalized spacial score (nSPS) is 22.9. The molecule has 0 spiro atoms. The van der Waals surface area contributed by atoms with Crippen molar-refractivity contribution in [1.29, 1.82) is 0 Å². The van der Waals surface area contributed by atoms with Crippen LogP contribution in [0.15, 0.2) is 24.5 Å². The minimum absolute atomic E-state index is 0.417. The van der Waals surface area contributed by atoms with Gasteiger partial charge in [0.15, 0.2) is 0 Å². The van der Waals surface area contributed by atoms with E-state index in [1.807, 2.05) is 18.5 Å². The van der Waals surface area contributed by atoms with Gasteiger partial charge < -0.3 is 5.32 Å². The summed E-state index contributed by atoms with van der Waals surface area (Å²) in [5.41, 5.74) is 1.28. The van der Waals surface area contributed by atoms with Crippen molar-refractivity contribution in [2.75, 3.05) is 12.3 Å². The van der Waals surface area contributed by atoms with Crippen LogP contribution in [0.3, 0.4) is 0 Å². The Kier molecular flexibility index (Phi) is 4.03. The molecule has 15 heavy (non-hydrogen) atoms. The van der Waals surface area contributed by atoms with Crippen LogP contribution in [0, 0.1) is 0 Å². The highest BCUT2D eigenvalue weighted by Crippen LogP contribution is 2.25. The van der Waals surface area contributed by atoms with Gasteiger partial charge in [-0.2, -0.15) is 11.8 Å². The summed E-state index contributed by atoms with van der Waals surface area (Å²) in [6, 6.07) is 4.55. The van der Waals surface area contributed by atoms with Gasteiger partial charge in [0, 0.05) is 30.2 Å². The number of hydrogen-bond acceptors (Lipinski definition) is 3. The van der Waals surface area contributed by atoms with Crippen LogP contribution in [-0.2, 0) is 0 Å². The molecule has 1 N–H and O–H groups in total. The van der Waals surface area contributed by atoms with Gasteiger partial charge in [-0.25, -0.2) is 0 Å². The van der Waals surface area contributed by atoms with Crippen molar-refractivity contribution in [2.24, 2.45) is 0 Å². The van der Waals surface area contributed by atoms with Gasteiger partial charge in [-0.3, -0.25) is 4.98 Å². The predicted molar refractivity (Wildman–Crippen MR) is 66.1 cm³/mol. The summed E-state index contributed by atoms with van der Waals surface area (Å²) in [6.07, 6.45) is 6.53. The highest BCUT2D eigenvalue weighted by molar-refractivity contribution is 8.00. The molecule has 2 unspecified atom stereocenters. The van der Waals surface area contributed by atoms with Crippen molar-refractivity contribution < 1.29 is 0 Å². The molecule has 0 amide bonds. The second-order valence-corrected chi connectivity index (χ2v) is 5.46. The Morgan fingerprint density at radius 2 is 2.60 bits per heavy atom. The van der Waals surface area contributed by atoms with Gasteiger partial charge in [-0.1, -0.05) is 6.07 Å². The summed E-state index contributed by atoms with van der Waals surface area (Å²) in [6.45, 7) is 3.33. The maximum Gasteiger partial charge on any atom is 0.0315 e. The van der Waals surface area contributed by atoms with Crippen LogP contribution in [0.5, 0.6) is 0 Å². The van der Waals surface area contributed by atoms with E-state index in [-0.39, 0.29) is 0 Å². The summed E-state index contributed by atoms with van der Waals surface area (Å²) in [7, 11) is 0. The third-order valence-corrected chi connectivity index (χ3v) is 4.26. The second kappa shape index (κ2) is 5.52. The molecule has 1 aromatic rings. The minimum atomic E-state index is 0.417. The van der Waals surface area contributed by atoms with Crippen molar-refractivity contribution in [1.82, 2.24) is 10.3 Å². The van der Waals surface area contributed by atoms with Crippen molar-refractivity contribution in [3.8, 4) is 0 Å². The van der Waals surface area contributed by atoms with Crippen LogP contribution in [0.2, 0.25) is 0 Å². The van der Waals surface area contributed by atoms with E-state index in [0.29, 0.717) is 6.04 Å². The zero-order valence-electron chi connectivity index (χ0n) is 9.15. The number of nitrogens with one attached hydrogen (secondary N) is 1. The SMILES string of the molecule is CC(NCC1CCCS1)c1cccnc1.